The second-order valence-electron chi connectivity index (χ2n) is 4.74. The highest BCUT2D eigenvalue weighted by Gasteiger charge is 2.10. The first kappa shape index (κ1) is 13.3. The Kier molecular flexibility index (Phi) is 4.19. The van der Waals surface area contributed by atoms with Crippen LogP contribution in [0.2, 0.25) is 0 Å². The van der Waals surface area contributed by atoms with Gasteiger partial charge in [-0.25, -0.2) is 0 Å². The van der Waals surface area contributed by atoms with Crippen molar-refractivity contribution in [2.75, 3.05) is 6.54 Å². The molecule has 0 aliphatic rings. The lowest BCUT2D eigenvalue weighted by Crippen LogP contribution is -2.22. The van der Waals surface area contributed by atoms with Crippen LogP contribution in [0, 0.1) is 13.8 Å². The van der Waals surface area contributed by atoms with Crippen molar-refractivity contribution in [3.8, 4) is 0 Å². The van der Waals surface area contributed by atoms with Crippen molar-refractivity contribution in [2.24, 2.45) is 7.05 Å². The Morgan fingerprint density at radius 1 is 1.44 bits per heavy atom. The molecule has 2 aromatic heterocycles. The van der Waals surface area contributed by atoms with Gasteiger partial charge in [-0.1, -0.05) is 0 Å². The van der Waals surface area contributed by atoms with E-state index in [1.807, 2.05) is 29.3 Å². The highest BCUT2D eigenvalue weighted by molar-refractivity contribution is 7.12. The molecule has 2 rings (SSSR count). The first-order valence-electron chi connectivity index (χ1n) is 6.35. The molecular weight excluding hydrogens is 242 g/mol. The summed E-state index contributed by atoms with van der Waals surface area (Å²) < 4.78 is 1.94. The first-order chi connectivity index (χ1) is 8.58. The SMILES string of the molecule is Cc1cc(C(C)NCCc2ccnn2C)c(C)s1. The molecule has 0 aliphatic carbocycles. The molecule has 3 nitrogen and oxygen atoms in total. The van der Waals surface area contributed by atoms with Gasteiger partial charge in [-0.15, -0.1) is 11.3 Å². The zero-order chi connectivity index (χ0) is 13.1. The zero-order valence-corrected chi connectivity index (χ0v) is 12.3. The number of thiophene rings is 1. The van der Waals surface area contributed by atoms with Crippen LogP contribution >= 0.6 is 11.3 Å². The Morgan fingerprint density at radius 3 is 2.78 bits per heavy atom. The maximum atomic E-state index is 4.18. The van der Waals surface area contributed by atoms with Crippen LogP contribution in [0.4, 0.5) is 0 Å². The van der Waals surface area contributed by atoms with E-state index in [9.17, 15) is 0 Å². The van der Waals surface area contributed by atoms with Gasteiger partial charge in [-0.2, -0.15) is 5.10 Å². The van der Waals surface area contributed by atoms with E-state index in [0.717, 1.165) is 13.0 Å². The molecule has 0 aliphatic heterocycles. The van der Waals surface area contributed by atoms with Crippen LogP contribution in [0.1, 0.15) is 34.0 Å². The van der Waals surface area contributed by atoms with Gasteiger partial charge in [-0.05, 0) is 38.5 Å². The third kappa shape index (κ3) is 3.00. The molecule has 0 saturated carbocycles. The van der Waals surface area contributed by atoms with E-state index < -0.39 is 0 Å². The van der Waals surface area contributed by atoms with Crippen molar-refractivity contribution >= 4 is 11.3 Å². The van der Waals surface area contributed by atoms with Crippen molar-refractivity contribution in [2.45, 2.75) is 33.2 Å². The number of aryl methyl sites for hydroxylation is 3. The van der Waals surface area contributed by atoms with Gasteiger partial charge in [0, 0.05) is 47.7 Å². The lowest BCUT2D eigenvalue weighted by Gasteiger charge is -2.13. The molecule has 1 N–H and O–H groups in total. The lowest BCUT2D eigenvalue weighted by atomic mass is 10.1. The zero-order valence-electron chi connectivity index (χ0n) is 11.5. The summed E-state index contributed by atoms with van der Waals surface area (Å²) in [7, 11) is 1.99. The minimum atomic E-state index is 0.420. The summed E-state index contributed by atoms with van der Waals surface area (Å²) in [5, 5.41) is 7.76. The molecule has 2 aromatic rings. The Bertz CT molecular complexity index is 513. The van der Waals surface area contributed by atoms with E-state index in [0.29, 0.717) is 6.04 Å². The van der Waals surface area contributed by atoms with E-state index in [4.69, 9.17) is 0 Å². The molecule has 1 unspecified atom stereocenters. The van der Waals surface area contributed by atoms with Crippen molar-refractivity contribution in [1.29, 1.82) is 0 Å². The topological polar surface area (TPSA) is 29.9 Å². The average molecular weight is 263 g/mol. The fourth-order valence-corrected chi connectivity index (χ4v) is 3.28. The molecule has 18 heavy (non-hydrogen) atoms. The number of nitrogens with zero attached hydrogens (tertiary/aromatic N) is 2. The summed E-state index contributed by atoms with van der Waals surface area (Å²) in [5.41, 5.74) is 2.70. The Labute approximate surface area is 113 Å². The quantitative estimate of drug-likeness (QED) is 0.898. The normalized spacial score (nSPS) is 12.9. The number of rotatable bonds is 5. The monoisotopic (exact) mass is 263 g/mol. The van der Waals surface area contributed by atoms with E-state index in [1.54, 1.807) is 0 Å². The summed E-state index contributed by atoms with van der Waals surface area (Å²) in [5.74, 6) is 0. The van der Waals surface area contributed by atoms with E-state index in [-0.39, 0.29) is 0 Å². The van der Waals surface area contributed by atoms with Gasteiger partial charge in [0.2, 0.25) is 0 Å². The van der Waals surface area contributed by atoms with Crippen LogP contribution in [0.25, 0.3) is 0 Å². The van der Waals surface area contributed by atoms with E-state index >= 15 is 0 Å². The molecule has 98 valence electrons. The Balaban J connectivity index is 1.87. The van der Waals surface area contributed by atoms with Gasteiger partial charge in [-0.3, -0.25) is 4.68 Å². The van der Waals surface area contributed by atoms with Crippen LogP contribution in [0.3, 0.4) is 0 Å². The van der Waals surface area contributed by atoms with Crippen molar-refractivity contribution < 1.29 is 0 Å². The molecule has 0 amide bonds. The highest BCUT2D eigenvalue weighted by atomic mass is 32.1. The summed E-state index contributed by atoms with van der Waals surface area (Å²) in [4.78, 5) is 2.82. The standard InChI is InChI=1S/C14H21N3S/c1-10-9-14(12(3)18-10)11(2)15-7-5-13-6-8-16-17(13)4/h6,8-9,11,15H,5,7H2,1-4H3. The predicted molar refractivity (Wildman–Crippen MR) is 77.1 cm³/mol. The molecule has 2 heterocycles. The van der Waals surface area contributed by atoms with Gasteiger partial charge in [0.05, 0.1) is 0 Å². The predicted octanol–water partition coefficient (Wildman–Crippen LogP) is 2.99. The summed E-state index contributed by atoms with van der Waals surface area (Å²) in [6.07, 6.45) is 2.87. The van der Waals surface area contributed by atoms with Crippen LogP contribution < -0.4 is 5.32 Å². The van der Waals surface area contributed by atoms with Crippen molar-refractivity contribution in [3.63, 3.8) is 0 Å². The first-order valence-corrected chi connectivity index (χ1v) is 7.16. The maximum absolute atomic E-state index is 4.18. The number of aromatic nitrogens is 2. The van der Waals surface area contributed by atoms with Gasteiger partial charge >= 0.3 is 0 Å². The third-order valence-corrected chi connectivity index (χ3v) is 4.28. The van der Waals surface area contributed by atoms with E-state index in [1.165, 1.54) is 21.0 Å². The van der Waals surface area contributed by atoms with Crippen LogP contribution in [-0.4, -0.2) is 16.3 Å². The molecule has 0 aromatic carbocycles. The summed E-state index contributed by atoms with van der Waals surface area (Å²) in [6.45, 7) is 7.59. The fourth-order valence-electron chi connectivity index (χ4n) is 2.25. The van der Waals surface area contributed by atoms with Gasteiger partial charge in [0.15, 0.2) is 0 Å². The van der Waals surface area contributed by atoms with Crippen LogP contribution in [-0.2, 0) is 13.5 Å². The second-order valence-corrected chi connectivity index (χ2v) is 6.20. The van der Waals surface area contributed by atoms with Gasteiger partial charge in [0.1, 0.15) is 0 Å². The minimum absolute atomic E-state index is 0.420. The molecule has 0 saturated heterocycles. The highest BCUT2D eigenvalue weighted by Crippen LogP contribution is 2.25. The number of nitrogens with one attached hydrogen (secondary N) is 1. The third-order valence-electron chi connectivity index (χ3n) is 3.30. The van der Waals surface area contributed by atoms with Crippen molar-refractivity contribution in [1.82, 2.24) is 15.1 Å². The van der Waals surface area contributed by atoms with E-state index in [2.05, 4.69) is 43.3 Å². The Hall–Kier alpha value is -1.13. The fraction of sp³-hybridized carbons (Fsp3) is 0.500. The number of hydrogen-bond acceptors (Lipinski definition) is 3. The molecule has 0 radical (unpaired) electrons. The lowest BCUT2D eigenvalue weighted by molar-refractivity contribution is 0.563. The molecule has 0 spiro atoms. The molecule has 4 heteroatoms. The largest absolute Gasteiger partial charge is 0.310 e. The molecule has 1 atom stereocenters. The second kappa shape index (κ2) is 5.67. The molecular formula is C14H21N3S. The molecule has 0 bridgehead atoms. The van der Waals surface area contributed by atoms with Crippen LogP contribution in [0.15, 0.2) is 18.3 Å². The van der Waals surface area contributed by atoms with Gasteiger partial charge in [0.25, 0.3) is 0 Å². The Morgan fingerprint density at radius 2 is 2.22 bits per heavy atom. The average Bonchev–Trinajstić information content (AvgIpc) is 2.85. The summed E-state index contributed by atoms with van der Waals surface area (Å²) in [6, 6.07) is 4.79. The van der Waals surface area contributed by atoms with Crippen molar-refractivity contribution in [3.05, 3.63) is 39.3 Å². The summed E-state index contributed by atoms with van der Waals surface area (Å²) >= 11 is 1.88. The van der Waals surface area contributed by atoms with Crippen LogP contribution in [0.5, 0.6) is 0 Å². The molecule has 0 fully saturated rings. The van der Waals surface area contributed by atoms with Gasteiger partial charge < -0.3 is 5.32 Å². The number of hydrogen-bond donors (Lipinski definition) is 1. The maximum Gasteiger partial charge on any atom is 0.0492 e. The smallest absolute Gasteiger partial charge is 0.0492 e. The minimum Gasteiger partial charge on any atom is -0.310 e.